The molecule has 1 fully saturated rings. The second kappa shape index (κ2) is 18.0. The molecule has 1 aliphatic rings. The van der Waals surface area contributed by atoms with E-state index in [0.29, 0.717) is 45.1 Å². The number of hydrogen-bond donors (Lipinski definition) is 1. The van der Waals surface area contributed by atoms with Crippen LogP contribution in [-0.2, 0) is 19.8 Å². The summed E-state index contributed by atoms with van der Waals surface area (Å²) in [4.78, 5) is 41.3. The number of rotatable bonds is 15. The standard InChI is InChI=1S/C41H43BIN2O9P/c1-26-23-45(40(48)44-38(26)46)37-22-35(54-39(47)28-10-16-34(17-11-28)51-24-27(2)42(43)55)36(53-37)25-52-41(29-8-6-5-7-9-29,30-12-18-32(49-3)19-13-30)31-14-20-33(50-4)21-15-31/h5-21,23,27,35-37H,22,24-25,55H2,1-4H3,(H,44,46,48)/t27?,35-,36-,37-/m1/s1. The highest BCUT2D eigenvalue weighted by Crippen LogP contribution is 2.43. The molecule has 1 aromatic heterocycles. The van der Waals surface area contributed by atoms with Crippen molar-refractivity contribution in [1.82, 2.24) is 9.55 Å². The molecule has 5 atom stereocenters. The molecule has 1 N–H and O–H groups in total. The minimum absolute atomic E-state index is 0.0586. The van der Waals surface area contributed by atoms with Gasteiger partial charge in [0.25, 0.3) is 5.56 Å². The monoisotopic (exact) mass is 876 g/mol. The van der Waals surface area contributed by atoms with Crippen LogP contribution in [0.2, 0.25) is 5.82 Å². The van der Waals surface area contributed by atoms with Crippen molar-refractivity contribution >= 4 is 41.8 Å². The maximum absolute atomic E-state index is 13.7. The number of esters is 1. The lowest BCUT2D eigenvalue weighted by atomic mass is 9.80. The first-order valence-corrected chi connectivity index (χ1v) is 19.7. The Hall–Kier alpha value is -4.43. The third-order valence-electron chi connectivity index (χ3n) is 9.68. The number of carbonyl (C=O) groups is 1. The van der Waals surface area contributed by atoms with Crippen LogP contribution < -0.4 is 25.5 Å². The molecule has 55 heavy (non-hydrogen) atoms. The third kappa shape index (κ3) is 9.18. The second-order valence-corrected chi connectivity index (χ2v) is 16.9. The van der Waals surface area contributed by atoms with Gasteiger partial charge < -0.3 is 28.4 Å². The van der Waals surface area contributed by atoms with E-state index < -0.39 is 41.3 Å². The van der Waals surface area contributed by atoms with E-state index >= 15 is 0 Å². The summed E-state index contributed by atoms with van der Waals surface area (Å²) >= 11 is 2.34. The lowest BCUT2D eigenvalue weighted by molar-refractivity contribution is -0.0967. The molecule has 1 aliphatic heterocycles. The molecule has 2 heterocycles. The van der Waals surface area contributed by atoms with Crippen molar-refractivity contribution in [2.24, 2.45) is 0 Å². The largest absolute Gasteiger partial charge is 0.497 e. The summed E-state index contributed by atoms with van der Waals surface area (Å²) in [5.74, 6) is 1.75. The Kier molecular flexibility index (Phi) is 13.2. The molecule has 14 heteroatoms. The van der Waals surface area contributed by atoms with Crippen LogP contribution in [0.4, 0.5) is 0 Å². The summed E-state index contributed by atoms with van der Waals surface area (Å²) < 4.78 is 38.4. The minimum atomic E-state index is -1.18. The Balaban J connectivity index is 1.35. The van der Waals surface area contributed by atoms with Gasteiger partial charge in [0.05, 0.1) is 33.0 Å². The van der Waals surface area contributed by atoms with E-state index in [1.54, 1.807) is 45.4 Å². The molecule has 0 bridgehead atoms. The van der Waals surface area contributed by atoms with Crippen LogP contribution in [0, 0.1) is 6.92 Å². The van der Waals surface area contributed by atoms with Crippen molar-refractivity contribution in [3.05, 3.63) is 158 Å². The topological polar surface area (TPSA) is 127 Å². The van der Waals surface area contributed by atoms with Crippen LogP contribution in [0.15, 0.2) is 119 Å². The zero-order valence-electron chi connectivity index (χ0n) is 31.0. The summed E-state index contributed by atoms with van der Waals surface area (Å²) in [6, 6.07) is 31.9. The van der Waals surface area contributed by atoms with E-state index in [1.165, 1.54) is 10.8 Å². The number of ether oxygens (including phenoxy) is 6. The predicted octanol–water partition coefficient (Wildman–Crippen LogP) is 6.95. The van der Waals surface area contributed by atoms with E-state index in [-0.39, 0.29) is 13.0 Å². The molecule has 11 nitrogen and oxygen atoms in total. The van der Waals surface area contributed by atoms with Crippen LogP contribution in [0.25, 0.3) is 0 Å². The molecule has 5 aromatic rings. The van der Waals surface area contributed by atoms with Crippen molar-refractivity contribution in [3.8, 4) is 17.2 Å². The van der Waals surface area contributed by atoms with Crippen LogP contribution in [0.3, 0.4) is 0 Å². The number of aryl methyl sites for hydroxylation is 1. The molecular weight excluding hydrogens is 833 g/mol. The highest BCUT2D eigenvalue weighted by molar-refractivity contribution is 14.1. The van der Waals surface area contributed by atoms with Crippen molar-refractivity contribution in [2.75, 3.05) is 27.4 Å². The Bertz CT molecular complexity index is 2120. The van der Waals surface area contributed by atoms with Crippen LogP contribution >= 0.6 is 31.5 Å². The van der Waals surface area contributed by atoms with Crippen molar-refractivity contribution < 1.29 is 33.2 Å². The number of H-pyrrole nitrogens is 1. The fourth-order valence-electron chi connectivity index (χ4n) is 6.44. The number of halogens is 1. The maximum Gasteiger partial charge on any atom is 0.338 e. The summed E-state index contributed by atoms with van der Waals surface area (Å²) in [6.07, 6.45) is -0.950. The highest BCUT2D eigenvalue weighted by Gasteiger charge is 2.44. The lowest BCUT2D eigenvalue weighted by Gasteiger charge is -2.37. The smallest absolute Gasteiger partial charge is 0.338 e. The highest BCUT2D eigenvalue weighted by atomic mass is 127. The molecule has 0 spiro atoms. The van der Waals surface area contributed by atoms with Gasteiger partial charge in [0, 0.05) is 18.2 Å². The number of aromatic amines is 1. The van der Waals surface area contributed by atoms with Gasteiger partial charge >= 0.3 is 11.7 Å². The molecule has 0 aliphatic carbocycles. The van der Waals surface area contributed by atoms with E-state index in [0.717, 1.165) is 16.7 Å². The molecular formula is C41H43BIN2O9P. The predicted molar refractivity (Wildman–Crippen MR) is 223 cm³/mol. The Morgan fingerprint density at radius 2 is 1.47 bits per heavy atom. The molecule has 2 unspecified atom stereocenters. The Morgan fingerprint density at radius 3 is 2.04 bits per heavy atom. The van der Waals surface area contributed by atoms with Crippen LogP contribution in [0.1, 0.15) is 52.2 Å². The summed E-state index contributed by atoms with van der Waals surface area (Å²) in [5, 5.41) is 0. The molecule has 0 amide bonds. The van der Waals surface area contributed by atoms with Gasteiger partial charge in [-0.05, 0) is 78.0 Å². The number of nitrogens with one attached hydrogen (secondary N) is 1. The van der Waals surface area contributed by atoms with Gasteiger partial charge in [-0.2, -0.15) is 9.12 Å². The quantitative estimate of drug-likeness (QED) is 0.0391. The fraction of sp³-hybridized carbons (Fsp3) is 0.293. The molecule has 286 valence electrons. The minimum Gasteiger partial charge on any atom is -0.497 e. The van der Waals surface area contributed by atoms with Gasteiger partial charge in [0.2, 0.25) is 4.29 Å². The number of benzene rings is 4. The third-order valence-corrected chi connectivity index (χ3v) is 11.6. The van der Waals surface area contributed by atoms with E-state index in [9.17, 15) is 14.4 Å². The number of methoxy groups -OCH3 is 2. The summed E-state index contributed by atoms with van der Waals surface area (Å²) in [6.45, 7) is 4.18. The SMILES string of the molecule is COc1ccc(C(OC[C@H]2O[C@@H](n3cc(C)c(=O)[nH]c3=O)C[C@H]2OC(=O)c2ccc(OCC(C)B(P)I)cc2)(c2ccccc2)c2ccc(OC)cc2)cc1. The lowest BCUT2D eigenvalue weighted by Crippen LogP contribution is -2.39. The Morgan fingerprint density at radius 1 is 0.909 bits per heavy atom. The van der Waals surface area contributed by atoms with Crippen molar-refractivity contribution in [2.45, 2.75) is 50.1 Å². The van der Waals surface area contributed by atoms with E-state index in [1.807, 2.05) is 78.9 Å². The van der Waals surface area contributed by atoms with Crippen molar-refractivity contribution in [1.29, 1.82) is 0 Å². The van der Waals surface area contributed by atoms with Gasteiger partial charge in [0.1, 0.15) is 41.3 Å². The van der Waals surface area contributed by atoms with Crippen molar-refractivity contribution in [3.63, 3.8) is 0 Å². The maximum atomic E-state index is 13.7. The van der Waals surface area contributed by atoms with Gasteiger partial charge in [-0.25, -0.2) is 9.59 Å². The van der Waals surface area contributed by atoms with E-state index in [4.69, 9.17) is 28.4 Å². The number of hydrogen-bond acceptors (Lipinski definition) is 9. The fourth-order valence-corrected chi connectivity index (χ4v) is 6.76. The first-order valence-electron chi connectivity index (χ1n) is 17.8. The van der Waals surface area contributed by atoms with E-state index in [2.05, 4.69) is 43.4 Å². The molecule has 0 radical (unpaired) electrons. The Labute approximate surface area is 335 Å². The zero-order chi connectivity index (χ0) is 39.1. The van der Waals surface area contributed by atoms with Gasteiger partial charge in [-0.15, -0.1) is 22.4 Å². The average Bonchev–Trinajstić information content (AvgIpc) is 3.61. The molecule has 4 aromatic carbocycles. The normalized spacial score (nSPS) is 17.3. The number of aromatic nitrogens is 2. The molecule has 1 saturated heterocycles. The summed E-state index contributed by atoms with van der Waals surface area (Å²) in [5.41, 5.74) is 0.815. The zero-order valence-corrected chi connectivity index (χ0v) is 34.3. The van der Waals surface area contributed by atoms with Gasteiger partial charge in [-0.1, -0.05) is 61.5 Å². The number of carbonyl (C=O) groups excluding carboxylic acids is 1. The van der Waals surface area contributed by atoms with Crippen LogP contribution in [0.5, 0.6) is 17.2 Å². The second-order valence-electron chi connectivity index (χ2n) is 13.4. The van der Waals surface area contributed by atoms with Crippen LogP contribution in [-0.4, -0.2) is 59.5 Å². The molecule has 0 saturated carbocycles. The number of nitrogens with zero attached hydrogens (tertiary/aromatic N) is 1. The first kappa shape index (κ1) is 40.2. The summed E-state index contributed by atoms with van der Waals surface area (Å²) in [7, 11) is 6.00. The molecule has 6 rings (SSSR count). The van der Waals surface area contributed by atoms with Gasteiger partial charge in [0.15, 0.2) is 0 Å². The van der Waals surface area contributed by atoms with Gasteiger partial charge in [-0.3, -0.25) is 14.3 Å². The average molecular weight is 876 g/mol. The first-order chi connectivity index (χ1) is 26.5.